The van der Waals surface area contributed by atoms with Crippen LogP contribution in [0, 0.1) is 0 Å². The third kappa shape index (κ3) is 2.28. The van der Waals surface area contributed by atoms with Gasteiger partial charge in [-0.25, -0.2) is 0 Å². The minimum atomic E-state index is -0.437. The van der Waals surface area contributed by atoms with Crippen LogP contribution < -0.4 is 5.73 Å². The second-order valence-electron chi connectivity index (χ2n) is 4.05. The number of aromatic nitrogens is 1. The van der Waals surface area contributed by atoms with Crippen molar-refractivity contribution in [3.8, 4) is 0 Å². The van der Waals surface area contributed by atoms with Gasteiger partial charge in [-0.15, -0.1) is 0 Å². The van der Waals surface area contributed by atoms with E-state index >= 15 is 0 Å². The number of carbonyl (C=O) groups excluding carboxylic acids is 1. The van der Waals surface area contributed by atoms with Gasteiger partial charge in [0.15, 0.2) is 0 Å². The van der Waals surface area contributed by atoms with E-state index in [9.17, 15) is 4.79 Å². The van der Waals surface area contributed by atoms with Crippen LogP contribution in [0.1, 0.15) is 38.2 Å². The maximum Gasteiger partial charge on any atom is 0.250 e. The Bertz CT molecular complexity index is 314. The largest absolute Gasteiger partial charge is 0.366 e. The van der Waals surface area contributed by atoms with E-state index in [0.717, 1.165) is 5.69 Å². The summed E-state index contributed by atoms with van der Waals surface area (Å²) in [4.78, 5) is 14.9. The minimum absolute atomic E-state index is 0. The molecule has 0 atom stereocenters. The Morgan fingerprint density at radius 1 is 1.46 bits per heavy atom. The fraction of sp³-hybridized carbons (Fsp3) is 0.400. The number of nitrogens with two attached hydrogens (primary N) is 1. The zero-order chi connectivity index (χ0) is 10.1. The summed E-state index contributed by atoms with van der Waals surface area (Å²) in [6.07, 6.45) is 1.52. The molecule has 1 heterocycles. The monoisotopic (exact) mass is 180 g/mol. The summed E-state index contributed by atoms with van der Waals surface area (Å²) in [5, 5.41) is 0. The summed E-state index contributed by atoms with van der Waals surface area (Å²) < 4.78 is 0. The Labute approximate surface area is 79.5 Å². The number of nitrogens with zero attached hydrogens (tertiary/aromatic N) is 1. The maximum atomic E-state index is 10.7. The molecule has 0 saturated carbocycles. The number of hydrogen-bond acceptors (Lipinski definition) is 2. The first-order valence-electron chi connectivity index (χ1n) is 4.17. The summed E-state index contributed by atoms with van der Waals surface area (Å²) in [5.41, 5.74) is 6.51. The molecular formula is C10H16N2O. The molecule has 0 aliphatic carbocycles. The van der Waals surface area contributed by atoms with Gasteiger partial charge in [0.2, 0.25) is 5.91 Å². The molecule has 0 aliphatic rings. The van der Waals surface area contributed by atoms with Gasteiger partial charge in [0.1, 0.15) is 0 Å². The highest BCUT2D eigenvalue weighted by Crippen LogP contribution is 2.19. The molecule has 3 heteroatoms. The lowest BCUT2D eigenvalue weighted by Gasteiger charge is -2.17. The number of amides is 1. The molecule has 0 bridgehead atoms. The lowest BCUT2D eigenvalue weighted by atomic mass is 9.91. The van der Waals surface area contributed by atoms with E-state index in [1.807, 2.05) is 6.07 Å². The highest BCUT2D eigenvalue weighted by atomic mass is 16.1. The van der Waals surface area contributed by atoms with Crippen molar-refractivity contribution >= 4 is 5.91 Å². The smallest absolute Gasteiger partial charge is 0.250 e. The first kappa shape index (κ1) is 9.71. The van der Waals surface area contributed by atoms with Crippen molar-refractivity contribution in [2.24, 2.45) is 5.73 Å². The SMILES string of the molecule is CC(C)(C)c1ccc(C(N)=O)cn1.[HH]. The molecule has 0 aromatic carbocycles. The molecule has 3 nitrogen and oxygen atoms in total. The van der Waals surface area contributed by atoms with E-state index in [1.54, 1.807) is 6.07 Å². The van der Waals surface area contributed by atoms with Crippen LogP contribution in [0.25, 0.3) is 0 Å². The molecule has 2 N–H and O–H groups in total. The van der Waals surface area contributed by atoms with Gasteiger partial charge in [-0.3, -0.25) is 9.78 Å². The van der Waals surface area contributed by atoms with E-state index in [1.165, 1.54) is 6.20 Å². The average molecular weight is 180 g/mol. The predicted molar refractivity (Wildman–Crippen MR) is 53.6 cm³/mol. The predicted octanol–water partition coefficient (Wildman–Crippen LogP) is 1.72. The molecule has 1 rings (SSSR count). The number of hydrogen-bond donors (Lipinski definition) is 1. The van der Waals surface area contributed by atoms with Crippen molar-refractivity contribution in [3.63, 3.8) is 0 Å². The fourth-order valence-corrected chi connectivity index (χ4v) is 0.983. The molecule has 72 valence electrons. The highest BCUT2D eigenvalue weighted by Gasteiger charge is 2.15. The van der Waals surface area contributed by atoms with Crippen molar-refractivity contribution in [3.05, 3.63) is 29.6 Å². The summed E-state index contributed by atoms with van der Waals surface area (Å²) in [6.45, 7) is 6.21. The van der Waals surface area contributed by atoms with Gasteiger partial charge in [-0.1, -0.05) is 20.8 Å². The van der Waals surface area contributed by atoms with E-state index in [2.05, 4.69) is 25.8 Å². The number of primary amides is 1. The molecule has 0 fully saturated rings. The Morgan fingerprint density at radius 2 is 2.08 bits per heavy atom. The third-order valence-corrected chi connectivity index (χ3v) is 1.82. The van der Waals surface area contributed by atoms with Gasteiger partial charge in [0, 0.05) is 18.7 Å². The average Bonchev–Trinajstić information content (AvgIpc) is 2.03. The summed E-state index contributed by atoms with van der Waals surface area (Å²) in [5.74, 6) is -0.437. The second-order valence-corrected chi connectivity index (χ2v) is 4.05. The molecule has 0 aliphatic heterocycles. The van der Waals surface area contributed by atoms with Gasteiger partial charge in [-0.2, -0.15) is 0 Å². The topological polar surface area (TPSA) is 56.0 Å². The fourth-order valence-electron chi connectivity index (χ4n) is 0.983. The van der Waals surface area contributed by atoms with E-state index in [4.69, 9.17) is 5.73 Å². The second kappa shape index (κ2) is 3.17. The molecule has 1 aromatic rings. The van der Waals surface area contributed by atoms with Crippen LogP contribution in [0.5, 0.6) is 0 Å². The van der Waals surface area contributed by atoms with Crippen LogP contribution in [-0.4, -0.2) is 10.9 Å². The molecule has 13 heavy (non-hydrogen) atoms. The van der Waals surface area contributed by atoms with Crippen LogP contribution in [0.3, 0.4) is 0 Å². The summed E-state index contributed by atoms with van der Waals surface area (Å²) in [7, 11) is 0. The zero-order valence-corrected chi connectivity index (χ0v) is 8.16. The minimum Gasteiger partial charge on any atom is -0.366 e. The first-order chi connectivity index (χ1) is 5.91. The van der Waals surface area contributed by atoms with Crippen molar-refractivity contribution < 1.29 is 6.22 Å². The Balaban J connectivity index is 0.00000169. The maximum absolute atomic E-state index is 10.7. The Morgan fingerprint density at radius 3 is 2.38 bits per heavy atom. The van der Waals surface area contributed by atoms with E-state index < -0.39 is 5.91 Å². The van der Waals surface area contributed by atoms with Gasteiger partial charge in [-0.05, 0) is 12.1 Å². The molecule has 0 saturated heterocycles. The highest BCUT2D eigenvalue weighted by molar-refractivity contribution is 5.92. The van der Waals surface area contributed by atoms with Crippen LogP contribution >= 0.6 is 0 Å². The Hall–Kier alpha value is -1.38. The van der Waals surface area contributed by atoms with Crippen molar-refractivity contribution in [2.75, 3.05) is 0 Å². The number of pyridine rings is 1. The summed E-state index contributed by atoms with van der Waals surface area (Å²) in [6, 6.07) is 3.54. The summed E-state index contributed by atoms with van der Waals surface area (Å²) >= 11 is 0. The van der Waals surface area contributed by atoms with Gasteiger partial charge >= 0.3 is 0 Å². The van der Waals surface area contributed by atoms with Crippen LogP contribution in [0.4, 0.5) is 0 Å². The van der Waals surface area contributed by atoms with Crippen LogP contribution in [0.15, 0.2) is 18.3 Å². The Kier molecular flexibility index (Phi) is 2.36. The van der Waals surface area contributed by atoms with Gasteiger partial charge in [0.05, 0.1) is 5.56 Å². The molecule has 1 aromatic heterocycles. The van der Waals surface area contributed by atoms with E-state index in [0.29, 0.717) is 5.56 Å². The van der Waals surface area contributed by atoms with Crippen molar-refractivity contribution in [1.82, 2.24) is 4.98 Å². The quantitative estimate of drug-likeness (QED) is 0.715. The molecule has 0 spiro atoms. The number of carbonyl (C=O) groups is 1. The van der Waals surface area contributed by atoms with E-state index in [-0.39, 0.29) is 6.84 Å². The van der Waals surface area contributed by atoms with Gasteiger partial charge < -0.3 is 5.73 Å². The van der Waals surface area contributed by atoms with Crippen LogP contribution in [-0.2, 0) is 5.41 Å². The first-order valence-corrected chi connectivity index (χ1v) is 4.17. The third-order valence-electron chi connectivity index (χ3n) is 1.82. The van der Waals surface area contributed by atoms with Gasteiger partial charge in [0.25, 0.3) is 0 Å². The molecule has 1 amide bonds. The van der Waals surface area contributed by atoms with Crippen LogP contribution in [0.2, 0.25) is 0 Å². The lowest BCUT2D eigenvalue weighted by molar-refractivity contribution is 0.1000. The zero-order valence-electron chi connectivity index (χ0n) is 8.16. The van der Waals surface area contributed by atoms with Crippen molar-refractivity contribution in [2.45, 2.75) is 26.2 Å². The number of rotatable bonds is 1. The standard InChI is InChI=1S/C10H14N2O.H2/c1-10(2,3)8-5-4-7(6-12-8)9(11)13;/h4-6H,1-3H3,(H2,11,13);1H. The van der Waals surface area contributed by atoms with Crippen molar-refractivity contribution in [1.29, 1.82) is 0 Å². The normalized spacial score (nSPS) is 11.3. The molecule has 0 unspecified atom stereocenters. The lowest BCUT2D eigenvalue weighted by Crippen LogP contribution is -2.16. The molecule has 0 radical (unpaired) electrons. The molecular weight excluding hydrogens is 164 g/mol.